The predicted molar refractivity (Wildman–Crippen MR) is 98.5 cm³/mol. The number of benzene rings is 1. The average Bonchev–Trinajstić information content (AvgIpc) is 3.11. The topological polar surface area (TPSA) is 47.9 Å². The summed E-state index contributed by atoms with van der Waals surface area (Å²) in [5.41, 5.74) is 4.34. The molecule has 0 N–H and O–H groups in total. The standard InChI is InChI=1S/C19H17F2N3OS/c1-11-7-13(17-14(8-11)24-16(10-22-17)25-19(20)21)18-23-9-15(26-18)12-5-3-2-4-6-12/h5,7-10,19H,2-4,6H2,1H3. The summed E-state index contributed by atoms with van der Waals surface area (Å²) in [6.07, 6.45) is 10.1. The first-order chi connectivity index (χ1) is 12.6. The first-order valence-electron chi connectivity index (χ1n) is 8.48. The van der Waals surface area contributed by atoms with Crippen LogP contribution in [-0.4, -0.2) is 21.6 Å². The Labute approximate surface area is 153 Å². The van der Waals surface area contributed by atoms with Gasteiger partial charge in [-0.15, -0.1) is 11.3 Å². The van der Waals surface area contributed by atoms with Crippen molar-refractivity contribution in [3.8, 4) is 16.5 Å². The van der Waals surface area contributed by atoms with Gasteiger partial charge < -0.3 is 4.74 Å². The van der Waals surface area contributed by atoms with Gasteiger partial charge in [-0.25, -0.2) is 15.0 Å². The van der Waals surface area contributed by atoms with Crippen LogP contribution in [-0.2, 0) is 0 Å². The van der Waals surface area contributed by atoms with E-state index in [-0.39, 0.29) is 5.88 Å². The number of rotatable bonds is 4. The molecule has 0 radical (unpaired) electrons. The van der Waals surface area contributed by atoms with E-state index in [0.29, 0.717) is 11.0 Å². The van der Waals surface area contributed by atoms with Crippen molar-refractivity contribution in [1.82, 2.24) is 15.0 Å². The molecule has 7 heteroatoms. The van der Waals surface area contributed by atoms with Gasteiger partial charge in [0.2, 0.25) is 5.88 Å². The van der Waals surface area contributed by atoms with Crippen molar-refractivity contribution >= 4 is 27.9 Å². The number of alkyl halides is 2. The number of hydrogen-bond acceptors (Lipinski definition) is 5. The van der Waals surface area contributed by atoms with Gasteiger partial charge in [0.05, 0.1) is 22.1 Å². The number of halogens is 2. The number of aryl methyl sites for hydroxylation is 1. The summed E-state index contributed by atoms with van der Waals surface area (Å²) in [6.45, 7) is -0.986. The quantitative estimate of drug-likeness (QED) is 0.595. The van der Waals surface area contributed by atoms with Crippen LogP contribution in [0.5, 0.6) is 5.88 Å². The summed E-state index contributed by atoms with van der Waals surface area (Å²) in [5, 5.41) is 0.858. The van der Waals surface area contributed by atoms with Crippen LogP contribution in [0.3, 0.4) is 0 Å². The molecule has 1 aliphatic rings. The molecular formula is C19H17F2N3OS. The van der Waals surface area contributed by atoms with E-state index in [1.165, 1.54) is 29.5 Å². The van der Waals surface area contributed by atoms with Crippen molar-refractivity contribution in [1.29, 1.82) is 0 Å². The molecule has 134 valence electrons. The number of allylic oxidation sites excluding steroid dienone is 2. The van der Waals surface area contributed by atoms with Crippen LogP contribution in [0.2, 0.25) is 0 Å². The van der Waals surface area contributed by atoms with Gasteiger partial charge in [-0.3, -0.25) is 0 Å². The average molecular weight is 373 g/mol. The Kier molecular flexibility index (Phi) is 4.63. The molecule has 2 heterocycles. The third-order valence-corrected chi connectivity index (χ3v) is 5.43. The largest absolute Gasteiger partial charge is 0.415 e. The first kappa shape index (κ1) is 17.0. The fourth-order valence-electron chi connectivity index (χ4n) is 3.17. The monoisotopic (exact) mass is 373 g/mol. The number of ether oxygens (including phenoxy) is 1. The fourth-order valence-corrected chi connectivity index (χ4v) is 4.17. The summed E-state index contributed by atoms with van der Waals surface area (Å²) in [5.74, 6) is -0.184. The van der Waals surface area contributed by atoms with Gasteiger partial charge in [-0.05, 0) is 55.9 Å². The van der Waals surface area contributed by atoms with Gasteiger partial charge in [0.1, 0.15) is 5.01 Å². The lowest BCUT2D eigenvalue weighted by Gasteiger charge is -2.10. The number of thiazole rings is 1. The molecule has 0 unspecified atom stereocenters. The molecule has 0 saturated heterocycles. The van der Waals surface area contributed by atoms with E-state index < -0.39 is 6.61 Å². The van der Waals surface area contributed by atoms with Crippen LogP contribution < -0.4 is 4.74 Å². The minimum Gasteiger partial charge on any atom is -0.415 e. The molecule has 0 spiro atoms. The first-order valence-corrected chi connectivity index (χ1v) is 9.29. The zero-order valence-electron chi connectivity index (χ0n) is 14.2. The van der Waals surface area contributed by atoms with E-state index in [2.05, 4.69) is 25.8 Å². The van der Waals surface area contributed by atoms with Crippen LogP contribution >= 0.6 is 11.3 Å². The van der Waals surface area contributed by atoms with Crippen LogP contribution in [0.1, 0.15) is 36.1 Å². The Morgan fingerprint density at radius 1 is 1.15 bits per heavy atom. The Morgan fingerprint density at radius 2 is 2.04 bits per heavy atom. The normalized spacial score (nSPS) is 14.7. The Bertz CT molecular complexity index is 984. The maximum absolute atomic E-state index is 12.4. The van der Waals surface area contributed by atoms with Gasteiger partial charge in [0, 0.05) is 11.8 Å². The fraction of sp³-hybridized carbons (Fsp3) is 0.316. The minimum absolute atomic E-state index is 0.184. The zero-order valence-corrected chi connectivity index (χ0v) is 15.0. The highest BCUT2D eigenvalue weighted by molar-refractivity contribution is 7.16. The van der Waals surface area contributed by atoms with E-state index in [1.54, 1.807) is 11.3 Å². The summed E-state index contributed by atoms with van der Waals surface area (Å²) in [6, 6.07) is 3.81. The second kappa shape index (κ2) is 7.07. The number of fused-ring (bicyclic) bond motifs is 1. The molecule has 0 aliphatic heterocycles. The van der Waals surface area contributed by atoms with E-state index in [9.17, 15) is 8.78 Å². The minimum atomic E-state index is -2.92. The van der Waals surface area contributed by atoms with E-state index in [4.69, 9.17) is 0 Å². The van der Waals surface area contributed by atoms with E-state index >= 15 is 0 Å². The Hall–Kier alpha value is -2.41. The smallest absolute Gasteiger partial charge is 0.388 e. The van der Waals surface area contributed by atoms with Crippen molar-refractivity contribution in [3.05, 3.63) is 41.0 Å². The molecule has 26 heavy (non-hydrogen) atoms. The van der Waals surface area contributed by atoms with Crippen LogP contribution in [0.4, 0.5) is 8.78 Å². The molecule has 0 saturated carbocycles. The molecule has 4 nitrogen and oxygen atoms in total. The van der Waals surface area contributed by atoms with Crippen LogP contribution in [0.15, 0.2) is 30.6 Å². The molecule has 4 rings (SSSR count). The highest BCUT2D eigenvalue weighted by Gasteiger charge is 2.16. The van der Waals surface area contributed by atoms with Gasteiger partial charge in [0.25, 0.3) is 0 Å². The molecule has 0 bridgehead atoms. The third kappa shape index (κ3) is 3.44. The molecule has 1 aromatic carbocycles. The maximum Gasteiger partial charge on any atom is 0.388 e. The summed E-state index contributed by atoms with van der Waals surface area (Å²) < 4.78 is 29.2. The summed E-state index contributed by atoms with van der Waals surface area (Å²) >= 11 is 1.63. The van der Waals surface area contributed by atoms with Crippen molar-refractivity contribution in [3.63, 3.8) is 0 Å². The Balaban J connectivity index is 1.76. The molecular weight excluding hydrogens is 356 g/mol. The molecule has 0 fully saturated rings. The highest BCUT2D eigenvalue weighted by Crippen LogP contribution is 2.36. The lowest BCUT2D eigenvalue weighted by atomic mass is 9.99. The van der Waals surface area contributed by atoms with Gasteiger partial charge >= 0.3 is 6.61 Å². The van der Waals surface area contributed by atoms with E-state index in [0.717, 1.165) is 29.0 Å². The third-order valence-electron chi connectivity index (χ3n) is 4.32. The lowest BCUT2D eigenvalue weighted by molar-refractivity contribution is -0.0528. The molecule has 0 amide bonds. The SMILES string of the molecule is Cc1cc(-c2ncc(C3=CCCCC3)s2)c2ncc(OC(F)F)nc2c1. The number of aromatic nitrogens is 3. The maximum atomic E-state index is 12.4. The van der Waals surface area contributed by atoms with Crippen molar-refractivity contribution in [2.75, 3.05) is 0 Å². The second-order valence-corrected chi connectivity index (χ2v) is 7.30. The van der Waals surface area contributed by atoms with Crippen molar-refractivity contribution in [2.45, 2.75) is 39.2 Å². The van der Waals surface area contributed by atoms with Crippen LogP contribution in [0, 0.1) is 6.92 Å². The molecule has 3 aromatic rings. The van der Waals surface area contributed by atoms with Gasteiger partial charge in [-0.2, -0.15) is 8.78 Å². The van der Waals surface area contributed by atoms with E-state index in [1.807, 2.05) is 25.3 Å². The Morgan fingerprint density at radius 3 is 2.81 bits per heavy atom. The lowest BCUT2D eigenvalue weighted by Crippen LogP contribution is -2.04. The number of hydrogen-bond donors (Lipinski definition) is 0. The molecule has 0 atom stereocenters. The van der Waals surface area contributed by atoms with Crippen molar-refractivity contribution < 1.29 is 13.5 Å². The van der Waals surface area contributed by atoms with Crippen LogP contribution in [0.25, 0.3) is 27.2 Å². The van der Waals surface area contributed by atoms with Gasteiger partial charge in [-0.1, -0.05) is 6.08 Å². The summed E-state index contributed by atoms with van der Waals surface area (Å²) in [4.78, 5) is 14.2. The van der Waals surface area contributed by atoms with Gasteiger partial charge in [0.15, 0.2) is 0 Å². The second-order valence-electron chi connectivity index (χ2n) is 6.27. The highest BCUT2D eigenvalue weighted by atomic mass is 32.1. The van der Waals surface area contributed by atoms with Crippen molar-refractivity contribution in [2.24, 2.45) is 0 Å². The molecule has 1 aliphatic carbocycles. The summed E-state index contributed by atoms with van der Waals surface area (Å²) in [7, 11) is 0. The number of nitrogens with zero attached hydrogens (tertiary/aromatic N) is 3. The zero-order chi connectivity index (χ0) is 18.1. The predicted octanol–water partition coefficient (Wildman–Crippen LogP) is 5.62. The molecule has 2 aromatic heterocycles.